The molecule has 152 valence electrons. The number of nitrogens with one attached hydrogen (secondary N) is 1. The monoisotopic (exact) mass is 405 g/mol. The van der Waals surface area contributed by atoms with E-state index in [9.17, 15) is 31.1 Å². The van der Waals surface area contributed by atoms with Gasteiger partial charge in [0.2, 0.25) is 0 Å². The second-order valence-corrected chi connectivity index (χ2v) is 6.34. The Kier molecular flexibility index (Phi) is 5.96. The Morgan fingerprint density at radius 3 is 2.04 bits per heavy atom. The van der Waals surface area contributed by atoms with Gasteiger partial charge in [0.25, 0.3) is 5.91 Å². The van der Waals surface area contributed by atoms with E-state index >= 15 is 0 Å². The van der Waals surface area contributed by atoms with Crippen LogP contribution in [0.4, 0.5) is 32.0 Å². The molecule has 2 rings (SSSR count). The maximum atomic E-state index is 13.0. The first-order chi connectivity index (χ1) is 12.8. The number of benzene rings is 2. The third-order valence-corrected chi connectivity index (χ3v) is 3.85. The van der Waals surface area contributed by atoms with Crippen molar-refractivity contribution in [2.24, 2.45) is 0 Å². The Bertz CT molecular complexity index is 864. The molecule has 0 aliphatic carbocycles. The summed E-state index contributed by atoms with van der Waals surface area (Å²) in [7, 11) is 0. The second kappa shape index (κ2) is 7.73. The summed E-state index contributed by atoms with van der Waals surface area (Å²) >= 11 is 0. The highest BCUT2D eigenvalue weighted by Crippen LogP contribution is 2.36. The number of halogens is 6. The third kappa shape index (κ3) is 5.40. The lowest BCUT2D eigenvalue weighted by Gasteiger charge is -2.17. The molecule has 0 saturated carbocycles. The van der Waals surface area contributed by atoms with E-state index in [1.54, 1.807) is 26.0 Å². The summed E-state index contributed by atoms with van der Waals surface area (Å²) in [5.74, 6) is -1.26. The van der Waals surface area contributed by atoms with E-state index in [0.29, 0.717) is 23.3 Å². The molecule has 0 atom stereocenters. The molecule has 0 fully saturated rings. The molecular weight excluding hydrogens is 388 g/mol. The largest absolute Gasteiger partial charge is 0.482 e. The van der Waals surface area contributed by atoms with Crippen molar-refractivity contribution in [1.82, 2.24) is 0 Å². The minimum absolute atomic E-state index is 0.227. The Hall–Kier alpha value is -2.71. The summed E-state index contributed by atoms with van der Waals surface area (Å²) in [6, 6.07) is 5.31. The number of rotatable bonds is 4. The zero-order valence-corrected chi connectivity index (χ0v) is 15.2. The van der Waals surface area contributed by atoms with Crippen molar-refractivity contribution in [3.63, 3.8) is 0 Å². The zero-order valence-electron chi connectivity index (χ0n) is 15.2. The van der Waals surface area contributed by atoms with Crippen LogP contribution in [-0.4, -0.2) is 18.7 Å². The lowest BCUT2D eigenvalue weighted by Crippen LogP contribution is -2.21. The fourth-order valence-electron chi connectivity index (χ4n) is 2.81. The molecule has 0 radical (unpaired) electrons. The number of anilines is 1. The lowest BCUT2D eigenvalue weighted by molar-refractivity contribution is -0.153. The Balaban J connectivity index is 2.42. The van der Waals surface area contributed by atoms with Crippen LogP contribution < -0.4 is 10.1 Å². The van der Waals surface area contributed by atoms with E-state index in [-0.39, 0.29) is 5.56 Å². The second-order valence-electron chi connectivity index (χ2n) is 6.34. The third-order valence-electron chi connectivity index (χ3n) is 3.85. The van der Waals surface area contributed by atoms with Crippen LogP contribution in [0.3, 0.4) is 0 Å². The van der Waals surface area contributed by atoms with Crippen molar-refractivity contribution in [3.05, 3.63) is 58.1 Å². The summed E-state index contributed by atoms with van der Waals surface area (Å²) in [6.45, 7) is 3.42. The molecular formula is C19H17F6NO2. The molecule has 0 heterocycles. The standard InChI is InChI=1S/C19H17F6NO2/c1-10-6-11(2)16(12(3)7-10)17(27)26-14-8-13(19(23,24)25)4-5-15(14)28-9-18(20,21)22/h4-8H,9H2,1-3H3,(H,26,27). The molecule has 28 heavy (non-hydrogen) atoms. The Labute approximate surface area is 157 Å². The molecule has 0 spiro atoms. The van der Waals surface area contributed by atoms with Crippen molar-refractivity contribution in [2.75, 3.05) is 11.9 Å². The number of alkyl halides is 6. The highest BCUT2D eigenvalue weighted by Gasteiger charge is 2.33. The fraction of sp³-hybridized carbons (Fsp3) is 0.316. The van der Waals surface area contributed by atoms with Crippen LogP contribution >= 0.6 is 0 Å². The Morgan fingerprint density at radius 2 is 1.54 bits per heavy atom. The predicted molar refractivity (Wildman–Crippen MR) is 91.6 cm³/mol. The number of hydrogen-bond donors (Lipinski definition) is 1. The summed E-state index contributed by atoms with van der Waals surface area (Å²) < 4.78 is 80.8. The van der Waals surface area contributed by atoms with E-state index in [2.05, 4.69) is 10.1 Å². The van der Waals surface area contributed by atoms with Gasteiger partial charge in [0.1, 0.15) is 5.75 Å². The van der Waals surface area contributed by atoms with Gasteiger partial charge in [0.05, 0.1) is 11.3 Å². The molecule has 0 aliphatic rings. The first-order valence-corrected chi connectivity index (χ1v) is 8.08. The zero-order chi connectivity index (χ0) is 21.3. The number of hydrogen-bond acceptors (Lipinski definition) is 2. The van der Waals surface area contributed by atoms with Gasteiger partial charge in [0, 0.05) is 5.56 Å². The first kappa shape index (κ1) is 21.6. The maximum Gasteiger partial charge on any atom is 0.422 e. The maximum absolute atomic E-state index is 13.0. The first-order valence-electron chi connectivity index (χ1n) is 8.08. The van der Waals surface area contributed by atoms with Crippen LogP contribution in [0.1, 0.15) is 32.6 Å². The smallest absolute Gasteiger partial charge is 0.422 e. The molecule has 0 saturated heterocycles. The summed E-state index contributed by atoms with van der Waals surface area (Å²) in [5.41, 5.74) is 0.659. The highest BCUT2D eigenvalue weighted by molar-refractivity contribution is 6.07. The van der Waals surface area contributed by atoms with Crippen molar-refractivity contribution in [3.8, 4) is 5.75 Å². The average molecular weight is 405 g/mol. The molecule has 0 aromatic heterocycles. The van der Waals surface area contributed by atoms with Crippen molar-refractivity contribution in [1.29, 1.82) is 0 Å². The van der Waals surface area contributed by atoms with Crippen LogP contribution in [0, 0.1) is 20.8 Å². The number of ether oxygens (including phenoxy) is 1. The topological polar surface area (TPSA) is 38.3 Å². The van der Waals surface area contributed by atoms with E-state index in [0.717, 1.165) is 11.6 Å². The van der Waals surface area contributed by atoms with Gasteiger partial charge in [-0.3, -0.25) is 4.79 Å². The van der Waals surface area contributed by atoms with Crippen molar-refractivity contribution < 1.29 is 35.9 Å². The van der Waals surface area contributed by atoms with Gasteiger partial charge < -0.3 is 10.1 Å². The molecule has 0 unspecified atom stereocenters. The minimum atomic E-state index is -4.74. The normalized spacial score (nSPS) is 12.0. The molecule has 3 nitrogen and oxygen atoms in total. The van der Waals surface area contributed by atoms with Gasteiger partial charge in [-0.15, -0.1) is 0 Å². The van der Waals surface area contributed by atoms with Crippen LogP contribution in [0.15, 0.2) is 30.3 Å². The molecule has 0 bridgehead atoms. The fourth-order valence-corrected chi connectivity index (χ4v) is 2.81. The molecule has 2 aromatic carbocycles. The van der Waals surface area contributed by atoms with Crippen LogP contribution in [0.25, 0.3) is 0 Å². The van der Waals surface area contributed by atoms with Crippen LogP contribution in [0.2, 0.25) is 0 Å². The number of amides is 1. The van der Waals surface area contributed by atoms with E-state index in [1.807, 2.05) is 6.92 Å². The molecule has 2 aromatic rings. The van der Waals surface area contributed by atoms with Gasteiger partial charge >= 0.3 is 12.4 Å². The average Bonchev–Trinajstić information content (AvgIpc) is 2.50. The number of carbonyl (C=O) groups excluding carboxylic acids is 1. The molecule has 1 N–H and O–H groups in total. The van der Waals surface area contributed by atoms with Crippen LogP contribution in [0.5, 0.6) is 5.75 Å². The van der Waals surface area contributed by atoms with E-state index in [1.165, 1.54) is 0 Å². The lowest BCUT2D eigenvalue weighted by atomic mass is 9.99. The summed E-state index contributed by atoms with van der Waals surface area (Å²) in [5, 5.41) is 2.25. The van der Waals surface area contributed by atoms with E-state index in [4.69, 9.17) is 0 Å². The van der Waals surface area contributed by atoms with Gasteiger partial charge in [-0.1, -0.05) is 17.7 Å². The van der Waals surface area contributed by atoms with Crippen molar-refractivity contribution in [2.45, 2.75) is 33.1 Å². The highest BCUT2D eigenvalue weighted by atomic mass is 19.4. The van der Waals surface area contributed by atoms with E-state index < -0.39 is 41.9 Å². The van der Waals surface area contributed by atoms with Gasteiger partial charge in [0.15, 0.2) is 6.61 Å². The molecule has 0 aliphatic heterocycles. The van der Waals surface area contributed by atoms with Crippen LogP contribution in [-0.2, 0) is 6.18 Å². The number of aryl methyl sites for hydroxylation is 3. The number of carbonyl (C=O) groups is 1. The quantitative estimate of drug-likeness (QED) is 0.651. The van der Waals surface area contributed by atoms with Gasteiger partial charge in [-0.2, -0.15) is 26.3 Å². The van der Waals surface area contributed by atoms with Gasteiger partial charge in [-0.05, 0) is 50.1 Å². The minimum Gasteiger partial charge on any atom is -0.482 e. The summed E-state index contributed by atoms with van der Waals surface area (Å²) in [4.78, 5) is 12.6. The van der Waals surface area contributed by atoms with Crippen molar-refractivity contribution >= 4 is 11.6 Å². The molecule has 9 heteroatoms. The molecule has 1 amide bonds. The Morgan fingerprint density at radius 1 is 0.964 bits per heavy atom. The summed E-state index contributed by atoms with van der Waals surface area (Å²) in [6.07, 6.45) is -9.42. The van der Waals surface area contributed by atoms with Gasteiger partial charge in [-0.25, -0.2) is 0 Å². The SMILES string of the molecule is Cc1cc(C)c(C(=O)Nc2cc(C(F)(F)F)ccc2OCC(F)(F)F)c(C)c1. The predicted octanol–water partition coefficient (Wildman–Crippen LogP) is 5.82.